The molecule has 0 aliphatic carbocycles. The number of halogens is 3. The second-order valence-corrected chi connectivity index (χ2v) is 4.78. The molecule has 0 spiro atoms. The van der Waals surface area contributed by atoms with Gasteiger partial charge in [-0.15, -0.1) is 0 Å². The topological polar surface area (TPSA) is 21.3 Å². The quantitative estimate of drug-likeness (QED) is 0.884. The minimum Gasteiger partial charge on any atom is -0.457 e. The predicted octanol–water partition coefficient (Wildman–Crippen LogP) is 4.69. The van der Waals surface area contributed by atoms with Crippen LogP contribution in [0.2, 0.25) is 5.02 Å². The predicted molar refractivity (Wildman–Crippen MR) is 75.4 cm³/mol. The summed E-state index contributed by atoms with van der Waals surface area (Å²) in [5, 5.41) is 3.64. The highest BCUT2D eigenvalue weighted by Gasteiger charge is 2.10. The summed E-state index contributed by atoms with van der Waals surface area (Å²) in [4.78, 5) is 0. The Balaban J connectivity index is 2.22. The monoisotopic (exact) mass is 297 g/mol. The van der Waals surface area contributed by atoms with E-state index in [9.17, 15) is 8.78 Å². The van der Waals surface area contributed by atoms with E-state index in [1.807, 2.05) is 20.0 Å². The highest BCUT2D eigenvalue weighted by Crippen LogP contribution is 2.30. The first-order valence-electron chi connectivity index (χ1n) is 6.11. The highest BCUT2D eigenvalue weighted by atomic mass is 35.5. The van der Waals surface area contributed by atoms with Crippen LogP contribution in [0.5, 0.6) is 11.5 Å². The van der Waals surface area contributed by atoms with Gasteiger partial charge >= 0.3 is 0 Å². The molecule has 0 amide bonds. The molecule has 2 aromatic carbocycles. The van der Waals surface area contributed by atoms with E-state index < -0.39 is 11.6 Å². The van der Waals surface area contributed by atoms with Gasteiger partial charge in [0.25, 0.3) is 0 Å². The first kappa shape index (κ1) is 14.8. The van der Waals surface area contributed by atoms with Crippen LogP contribution in [-0.4, -0.2) is 7.05 Å². The van der Waals surface area contributed by atoms with Gasteiger partial charge in [-0.25, -0.2) is 8.78 Å². The Morgan fingerprint density at radius 2 is 1.70 bits per heavy atom. The van der Waals surface area contributed by atoms with Crippen molar-refractivity contribution in [2.75, 3.05) is 7.05 Å². The lowest BCUT2D eigenvalue weighted by atomic mass is 10.1. The molecule has 2 aromatic rings. The third-order valence-corrected chi connectivity index (χ3v) is 3.33. The van der Waals surface area contributed by atoms with E-state index in [1.165, 1.54) is 6.07 Å². The molecule has 106 valence electrons. The lowest BCUT2D eigenvalue weighted by Gasteiger charge is -2.14. The zero-order valence-electron chi connectivity index (χ0n) is 11.1. The van der Waals surface area contributed by atoms with Crippen molar-refractivity contribution in [2.24, 2.45) is 0 Å². The van der Waals surface area contributed by atoms with E-state index in [-0.39, 0.29) is 11.8 Å². The maximum atomic E-state index is 13.1. The van der Waals surface area contributed by atoms with Crippen molar-refractivity contribution in [3.05, 3.63) is 58.6 Å². The maximum Gasteiger partial charge on any atom is 0.162 e. The largest absolute Gasteiger partial charge is 0.457 e. The number of rotatable bonds is 4. The first-order chi connectivity index (χ1) is 9.51. The summed E-state index contributed by atoms with van der Waals surface area (Å²) in [6.07, 6.45) is 0. The lowest BCUT2D eigenvalue weighted by Crippen LogP contribution is -2.12. The Labute approximate surface area is 121 Å². The highest BCUT2D eigenvalue weighted by molar-refractivity contribution is 6.31. The van der Waals surface area contributed by atoms with Crippen molar-refractivity contribution in [2.45, 2.75) is 13.0 Å². The fourth-order valence-electron chi connectivity index (χ4n) is 1.75. The van der Waals surface area contributed by atoms with Crippen molar-refractivity contribution >= 4 is 11.6 Å². The Hall–Kier alpha value is -1.65. The van der Waals surface area contributed by atoms with Gasteiger partial charge in [-0.2, -0.15) is 0 Å². The van der Waals surface area contributed by atoms with E-state index in [2.05, 4.69) is 5.32 Å². The number of ether oxygens (including phenoxy) is 1. The Bertz CT molecular complexity index is 619. The third-order valence-electron chi connectivity index (χ3n) is 3.00. The molecule has 1 atom stereocenters. The summed E-state index contributed by atoms with van der Waals surface area (Å²) < 4.78 is 31.4. The van der Waals surface area contributed by atoms with Crippen molar-refractivity contribution in [1.29, 1.82) is 0 Å². The van der Waals surface area contributed by atoms with Crippen LogP contribution in [0.4, 0.5) is 8.78 Å². The molecule has 0 saturated heterocycles. The van der Waals surface area contributed by atoms with Crippen LogP contribution in [0.1, 0.15) is 18.5 Å². The minimum absolute atomic E-state index is 0.111. The van der Waals surface area contributed by atoms with Crippen LogP contribution in [0.25, 0.3) is 0 Å². The summed E-state index contributed by atoms with van der Waals surface area (Å²) in [6.45, 7) is 1.98. The van der Waals surface area contributed by atoms with Gasteiger partial charge in [0, 0.05) is 17.1 Å². The van der Waals surface area contributed by atoms with E-state index in [4.69, 9.17) is 16.3 Å². The van der Waals surface area contributed by atoms with E-state index in [0.29, 0.717) is 10.8 Å². The van der Waals surface area contributed by atoms with Gasteiger partial charge in [-0.1, -0.05) is 17.7 Å². The Morgan fingerprint density at radius 3 is 2.30 bits per heavy atom. The molecule has 1 N–H and O–H groups in total. The second-order valence-electron chi connectivity index (χ2n) is 4.37. The number of nitrogens with one attached hydrogen (secondary N) is 1. The molecule has 0 aliphatic heterocycles. The van der Waals surface area contributed by atoms with Crippen LogP contribution >= 0.6 is 11.6 Å². The van der Waals surface area contributed by atoms with Crippen LogP contribution in [0.15, 0.2) is 36.4 Å². The van der Waals surface area contributed by atoms with E-state index >= 15 is 0 Å². The smallest absolute Gasteiger partial charge is 0.162 e. The molecule has 0 bridgehead atoms. The lowest BCUT2D eigenvalue weighted by molar-refractivity contribution is 0.461. The van der Waals surface area contributed by atoms with Crippen LogP contribution in [0, 0.1) is 11.6 Å². The SMILES string of the molecule is CNC(C)c1ccc(Oc2ccc(F)c(F)c2)cc1Cl. The fraction of sp³-hybridized carbons (Fsp3) is 0.200. The Kier molecular flexibility index (Phi) is 4.57. The minimum atomic E-state index is -0.950. The third kappa shape index (κ3) is 3.26. The molecule has 0 fully saturated rings. The molecule has 1 unspecified atom stereocenters. The number of hydrogen-bond donors (Lipinski definition) is 1. The molecule has 0 aromatic heterocycles. The molecule has 5 heteroatoms. The molecule has 2 rings (SSSR count). The summed E-state index contributed by atoms with van der Waals surface area (Å²) in [6, 6.07) is 8.69. The molecule has 0 saturated carbocycles. The number of benzene rings is 2. The number of hydrogen-bond acceptors (Lipinski definition) is 2. The van der Waals surface area contributed by atoms with Crippen LogP contribution in [0.3, 0.4) is 0 Å². The summed E-state index contributed by atoms with van der Waals surface area (Å²) >= 11 is 6.17. The normalized spacial score (nSPS) is 12.2. The molecule has 0 aliphatic rings. The van der Waals surface area contributed by atoms with Gasteiger partial charge in [0.05, 0.1) is 0 Å². The van der Waals surface area contributed by atoms with E-state index in [0.717, 1.165) is 17.7 Å². The average molecular weight is 298 g/mol. The van der Waals surface area contributed by atoms with Gasteiger partial charge < -0.3 is 10.1 Å². The van der Waals surface area contributed by atoms with Gasteiger partial charge in [0.15, 0.2) is 11.6 Å². The standard InChI is InChI=1S/C15H14ClF2NO/c1-9(19-2)12-5-3-10(7-13(12)16)20-11-4-6-14(17)15(18)8-11/h3-9,19H,1-2H3. The zero-order chi connectivity index (χ0) is 14.7. The van der Waals surface area contributed by atoms with Crippen molar-refractivity contribution < 1.29 is 13.5 Å². The average Bonchev–Trinajstić information content (AvgIpc) is 2.42. The Morgan fingerprint density at radius 1 is 1.05 bits per heavy atom. The molecule has 0 heterocycles. The molecule has 2 nitrogen and oxygen atoms in total. The summed E-state index contributed by atoms with van der Waals surface area (Å²) in [5.41, 5.74) is 0.937. The van der Waals surface area contributed by atoms with Crippen molar-refractivity contribution in [3.63, 3.8) is 0 Å². The van der Waals surface area contributed by atoms with Gasteiger partial charge in [-0.3, -0.25) is 0 Å². The first-order valence-corrected chi connectivity index (χ1v) is 6.48. The second kappa shape index (κ2) is 6.20. The van der Waals surface area contributed by atoms with E-state index in [1.54, 1.807) is 12.1 Å². The van der Waals surface area contributed by atoms with Gasteiger partial charge in [0.1, 0.15) is 11.5 Å². The zero-order valence-corrected chi connectivity index (χ0v) is 11.8. The maximum absolute atomic E-state index is 13.1. The summed E-state index contributed by atoms with van der Waals surface area (Å²) in [7, 11) is 1.84. The molecular weight excluding hydrogens is 284 g/mol. The van der Waals surface area contributed by atoms with Crippen LogP contribution in [-0.2, 0) is 0 Å². The molecular formula is C15H14ClF2NO. The van der Waals surface area contributed by atoms with Crippen LogP contribution < -0.4 is 10.1 Å². The van der Waals surface area contributed by atoms with Crippen molar-refractivity contribution in [3.8, 4) is 11.5 Å². The van der Waals surface area contributed by atoms with Gasteiger partial charge in [0.2, 0.25) is 0 Å². The fourth-order valence-corrected chi connectivity index (χ4v) is 2.09. The molecule has 20 heavy (non-hydrogen) atoms. The molecule has 0 radical (unpaired) electrons. The summed E-state index contributed by atoms with van der Waals surface area (Å²) in [5.74, 6) is -1.18. The van der Waals surface area contributed by atoms with Gasteiger partial charge in [-0.05, 0) is 43.8 Å². The van der Waals surface area contributed by atoms with Crippen molar-refractivity contribution in [1.82, 2.24) is 5.32 Å².